The fourth-order valence-electron chi connectivity index (χ4n) is 1.66. The Morgan fingerprint density at radius 3 is 2.79 bits per heavy atom. The summed E-state index contributed by atoms with van der Waals surface area (Å²) in [5, 5.41) is 8.79. The van der Waals surface area contributed by atoms with Crippen LogP contribution in [0.1, 0.15) is 35.9 Å². The predicted molar refractivity (Wildman–Crippen MR) is 62.1 cm³/mol. The molecule has 1 rings (SSSR count). The summed E-state index contributed by atoms with van der Waals surface area (Å²) in [5.74, 6) is -0.637. The number of alkyl halides is 2. The summed E-state index contributed by atoms with van der Waals surface area (Å²) < 4.78 is 30.7. The third-order valence-electron chi connectivity index (χ3n) is 2.39. The minimum absolute atomic E-state index is 0.0282. The number of rotatable bonds is 5. The van der Waals surface area contributed by atoms with Gasteiger partial charge in [0.1, 0.15) is 11.8 Å². The van der Waals surface area contributed by atoms with Gasteiger partial charge in [-0.1, -0.05) is 0 Å². The largest absolute Gasteiger partial charge is 0.466 e. The summed E-state index contributed by atoms with van der Waals surface area (Å²) in [4.78, 5) is 15.1. The number of nitrogens with two attached hydrogens (primary N) is 1. The molecule has 102 valence electrons. The van der Waals surface area contributed by atoms with Crippen LogP contribution in [0.5, 0.6) is 0 Å². The van der Waals surface area contributed by atoms with Crippen molar-refractivity contribution in [3.8, 4) is 6.07 Å². The van der Waals surface area contributed by atoms with Gasteiger partial charge in [0, 0.05) is 12.1 Å². The number of esters is 1. The number of nitriles is 1. The Kier molecular flexibility index (Phi) is 5.33. The van der Waals surface area contributed by atoms with Crippen molar-refractivity contribution in [3.63, 3.8) is 0 Å². The lowest BCUT2D eigenvalue weighted by atomic mass is 10.0. The zero-order chi connectivity index (χ0) is 14.4. The van der Waals surface area contributed by atoms with E-state index in [2.05, 4.69) is 4.98 Å². The summed E-state index contributed by atoms with van der Waals surface area (Å²) in [7, 11) is 0. The van der Waals surface area contributed by atoms with Gasteiger partial charge in [-0.15, -0.1) is 0 Å². The Bertz CT molecular complexity index is 512. The van der Waals surface area contributed by atoms with Crippen molar-refractivity contribution in [2.45, 2.75) is 26.3 Å². The Balaban J connectivity index is 3.26. The molecule has 0 aliphatic rings. The van der Waals surface area contributed by atoms with Crippen LogP contribution in [0.4, 0.5) is 8.78 Å². The highest BCUT2D eigenvalue weighted by Crippen LogP contribution is 2.27. The van der Waals surface area contributed by atoms with E-state index in [0.29, 0.717) is 0 Å². The van der Waals surface area contributed by atoms with Crippen molar-refractivity contribution in [2.75, 3.05) is 6.61 Å². The normalized spacial score (nSPS) is 10.3. The molecular weight excluding hydrogens is 256 g/mol. The van der Waals surface area contributed by atoms with Crippen LogP contribution in [0.2, 0.25) is 0 Å². The Morgan fingerprint density at radius 2 is 2.32 bits per heavy atom. The first kappa shape index (κ1) is 15.0. The molecule has 0 saturated carbocycles. The topological polar surface area (TPSA) is 89.0 Å². The molecule has 1 aromatic rings. The van der Waals surface area contributed by atoms with Crippen LogP contribution in [0.3, 0.4) is 0 Å². The van der Waals surface area contributed by atoms with Crippen LogP contribution in [-0.2, 0) is 22.5 Å². The number of hydrogen-bond acceptors (Lipinski definition) is 5. The van der Waals surface area contributed by atoms with Gasteiger partial charge >= 0.3 is 5.97 Å². The van der Waals surface area contributed by atoms with Gasteiger partial charge < -0.3 is 10.5 Å². The Morgan fingerprint density at radius 1 is 1.63 bits per heavy atom. The van der Waals surface area contributed by atoms with Crippen LogP contribution in [0.25, 0.3) is 0 Å². The molecule has 0 amide bonds. The standard InChI is InChI=1S/C12H13F2N3O2/c1-2-19-10(18)4-7-3-8(5-15)17-9(6-16)11(7)12(13)14/h3,12H,2,4,6,16H2,1H3. The van der Waals surface area contributed by atoms with Crippen molar-refractivity contribution in [3.05, 3.63) is 28.6 Å². The van der Waals surface area contributed by atoms with E-state index in [0.717, 1.165) is 6.07 Å². The average Bonchev–Trinajstić information content (AvgIpc) is 2.37. The quantitative estimate of drug-likeness (QED) is 0.817. The summed E-state index contributed by atoms with van der Waals surface area (Å²) in [6.45, 7) is 1.54. The zero-order valence-corrected chi connectivity index (χ0v) is 10.3. The second kappa shape index (κ2) is 6.75. The zero-order valence-electron chi connectivity index (χ0n) is 10.3. The third-order valence-corrected chi connectivity index (χ3v) is 2.39. The van der Waals surface area contributed by atoms with Crippen LogP contribution >= 0.6 is 0 Å². The minimum Gasteiger partial charge on any atom is -0.466 e. The molecule has 1 aromatic heterocycles. The summed E-state index contributed by atoms with van der Waals surface area (Å²) in [6, 6.07) is 2.91. The molecule has 0 aliphatic heterocycles. The van der Waals surface area contributed by atoms with Crippen molar-refractivity contribution < 1.29 is 18.3 Å². The molecule has 0 radical (unpaired) electrons. The van der Waals surface area contributed by atoms with Crippen LogP contribution < -0.4 is 5.73 Å². The molecule has 0 unspecified atom stereocenters. The first-order valence-corrected chi connectivity index (χ1v) is 5.60. The molecule has 0 spiro atoms. The number of halogens is 2. The van der Waals surface area contributed by atoms with Gasteiger partial charge in [-0.3, -0.25) is 4.79 Å². The number of carbonyl (C=O) groups is 1. The van der Waals surface area contributed by atoms with Crippen molar-refractivity contribution in [1.29, 1.82) is 5.26 Å². The van der Waals surface area contributed by atoms with E-state index in [1.807, 2.05) is 0 Å². The van der Waals surface area contributed by atoms with E-state index in [9.17, 15) is 13.6 Å². The Hall–Kier alpha value is -2.07. The predicted octanol–water partition coefficient (Wildman–Crippen LogP) is 1.46. The van der Waals surface area contributed by atoms with Gasteiger partial charge in [-0.25, -0.2) is 13.8 Å². The van der Waals surface area contributed by atoms with Gasteiger partial charge in [0.25, 0.3) is 6.43 Å². The van der Waals surface area contributed by atoms with E-state index >= 15 is 0 Å². The monoisotopic (exact) mass is 269 g/mol. The first-order chi connectivity index (χ1) is 9.03. The van der Waals surface area contributed by atoms with Crippen molar-refractivity contribution in [2.24, 2.45) is 5.73 Å². The second-order valence-corrected chi connectivity index (χ2v) is 3.63. The molecule has 7 heteroatoms. The van der Waals surface area contributed by atoms with E-state index in [-0.39, 0.29) is 36.5 Å². The highest BCUT2D eigenvalue weighted by atomic mass is 19.3. The lowest BCUT2D eigenvalue weighted by Crippen LogP contribution is -2.14. The van der Waals surface area contributed by atoms with Gasteiger partial charge in [0.15, 0.2) is 0 Å². The summed E-state index contributed by atoms with van der Waals surface area (Å²) in [6.07, 6.45) is -3.15. The third kappa shape index (κ3) is 3.69. The van der Waals surface area contributed by atoms with Gasteiger partial charge in [0.05, 0.1) is 18.7 Å². The van der Waals surface area contributed by atoms with Gasteiger partial charge in [-0.2, -0.15) is 5.26 Å². The highest BCUT2D eigenvalue weighted by Gasteiger charge is 2.21. The maximum atomic E-state index is 13.0. The molecule has 19 heavy (non-hydrogen) atoms. The Labute approximate surface area is 109 Å². The molecule has 0 saturated heterocycles. The van der Waals surface area contributed by atoms with Gasteiger partial charge in [-0.05, 0) is 18.6 Å². The number of carbonyl (C=O) groups excluding carboxylic acids is 1. The SMILES string of the molecule is CCOC(=O)Cc1cc(C#N)nc(CN)c1C(F)F. The molecule has 0 fully saturated rings. The van der Waals surface area contributed by atoms with Crippen LogP contribution in [0.15, 0.2) is 6.07 Å². The molecule has 2 N–H and O–H groups in total. The maximum absolute atomic E-state index is 13.0. The van der Waals surface area contributed by atoms with E-state index < -0.39 is 18.0 Å². The smallest absolute Gasteiger partial charge is 0.310 e. The lowest BCUT2D eigenvalue weighted by molar-refractivity contribution is -0.142. The number of aromatic nitrogens is 1. The highest BCUT2D eigenvalue weighted by molar-refractivity contribution is 5.73. The summed E-state index contributed by atoms with van der Waals surface area (Å²) in [5.41, 5.74) is 4.86. The molecule has 0 aromatic carbocycles. The van der Waals surface area contributed by atoms with Crippen molar-refractivity contribution in [1.82, 2.24) is 4.98 Å². The van der Waals surface area contributed by atoms with E-state index in [1.54, 1.807) is 13.0 Å². The molecule has 0 aliphatic carbocycles. The van der Waals surface area contributed by atoms with E-state index in [1.165, 1.54) is 0 Å². The molecule has 1 heterocycles. The fourth-order valence-corrected chi connectivity index (χ4v) is 1.66. The second-order valence-electron chi connectivity index (χ2n) is 3.63. The molecule has 0 atom stereocenters. The molecular formula is C12H13F2N3O2. The number of nitrogens with zero attached hydrogens (tertiary/aromatic N) is 2. The summed E-state index contributed by atoms with van der Waals surface area (Å²) >= 11 is 0. The molecule has 0 bridgehead atoms. The number of hydrogen-bond donors (Lipinski definition) is 1. The average molecular weight is 269 g/mol. The van der Waals surface area contributed by atoms with Crippen LogP contribution in [0, 0.1) is 11.3 Å². The number of ether oxygens (including phenoxy) is 1. The van der Waals surface area contributed by atoms with Gasteiger partial charge in [0.2, 0.25) is 0 Å². The van der Waals surface area contributed by atoms with Crippen LogP contribution in [-0.4, -0.2) is 17.6 Å². The molecule has 5 nitrogen and oxygen atoms in total. The van der Waals surface area contributed by atoms with E-state index in [4.69, 9.17) is 15.7 Å². The lowest BCUT2D eigenvalue weighted by Gasteiger charge is -2.12. The first-order valence-electron chi connectivity index (χ1n) is 5.60. The fraction of sp³-hybridized carbons (Fsp3) is 0.417. The number of pyridine rings is 1. The maximum Gasteiger partial charge on any atom is 0.310 e. The minimum atomic E-state index is -2.82. The van der Waals surface area contributed by atoms with Crippen molar-refractivity contribution >= 4 is 5.97 Å².